The summed E-state index contributed by atoms with van der Waals surface area (Å²) < 4.78 is 2.11. The van der Waals surface area contributed by atoms with Gasteiger partial charge in [-0.2, -0.15) is 0 Å². The highest BCUT2D eigenvalue weighted by Crippen LogP contribution is 2.43. The maximum absolute atomic E-state index is 11.6. The van der Waals surface area contributed by atoms with Gasteiger partial charge in [-0.05, 0) is 24.5 Å². The molecule has 0 radical (unpaired) electrons. The summed E-state index contributed by atoms with van der Waals surface area (Å²) in [4.78, 5) is 14.3. The maximum atomic E-state index is 11.6. The van der Waals surface area contributed by atoms with Crippen molar-refractivity contribution in [1.29, 1.82) is 0 Å². The third-order valence-electron chi connectivity index (χ3n) is 3.06. The molecule has 2 atom stereocenters. The smallest absolute Gasteiger partial charge is 0.272 e. The molecule has 2 aromatic heterocycles. The van der Waals surface area contributed by atoms with Gasteiger partial charge in [0, 0.05) is 23.8 Å². The average Bonchev–Trinajstić information content (AvgIpc) is 2.75. The first-order chi connectivity index (χ1) is 6.77. The zero-order valence-corrected chi connectivity index (χ0v) is 8.03. The molecule has 1 saturated carbocycles. The molecule has 1 N–H and O–H groups in total. The van der Waals surface area contributed by atoms with Crippen molar-refractivity contribution in [1.82, 2.24) is 9.55 Å². The van der Waals surface area contributed by atoms with E-state index in [1.54, 1.807) is 6.20 Å². The quantitative estimate of drug-likeness (QED) is 0.729. The molecule has 0 saturated heterocycles. The summed E-state index contributed by atoms with van der Waals surface area (Å²) in [6.45, 7) is 2.22. The summed E-state index contributed by atoms with van der Waals surface area (Å²) in [6, 6.07) is 4.49. The van der Waals surface area contributed by atoms with Crippen LogP contribution in [0.15, 0.2) is 29.3 Å². The predicted octanol–water partition coefficient (Wildman–Crippen LogP) is 1.91. The van der Waals surface area contributed by atoms with Crippen LogP contribution >= 0.6 is 0 Å². The van der Waals surface area contributed by atoms with Gasteiger partial charge in [-0.25, -0.2) is 0 Å². The van der Waals surface area contributed by atoms with Crippen molar-refractivity contribution in [3.8, 4) is 0 Å². The predicted molar refractivity (Wildman–Crippen MR) is 55.4 cm³/mol. The largest absolute Gasteiger partial charge is 0.340 e. The van der Waals surface area contributed by atoms with Crippen LogP contribution in [-0.2, 0) is 0 Å². The summed E-state index contributed by atoms with van der Waals surface area (Å²) in [5.74, 6) is 0.713. The fraction of sp³-hybridized carbons (Fsp3) is 0.364. The first-order valence-corrected chi connectivity index (χ1v) is 4.95. The molecule has 14 heavy (non-hydrogen) atoms. The number of aromatic amines is 1. The van der Waals surface area contributed by atoms with Crippen molar-refractivity contribution in [3.63, 3.8) is 0 Å². The Morgan fingerprint density at radius 3 is 3.00 bits per heavy atom. The van der Waals surface area contributed by atoms with E-state index >= 15 is 0 Å². The number of hydrogen-bond donors (Lipinski definition) is 1. The van der Waals surface area contributed by atoms with Crippen molar-refractivity contribution in [2.24, 2.45) is 5.92 Å². The molecule has 2 heterocycles. The molecule has 3 heteroatoms. The van der Waals surface area contributed by atoms with Crippen LogP contribution < -0.4 is 5.56 Å². The third kappa shape index (κ3) is 0.953. The molecule has 72 valence electrons. The van der Waals surface area contributed by atoms with Crippen molar-refractivity contribution in [3.05, 3.63) is 34.9 Å². The zero-order chi connectivity index (χ0) is 9.71. The van der Waals surface area contributed by atoms with Crippen molar-refractivity contribution >= 4 is 10.9 Å². The van der Waals surface area contributed by atoms with E-state index < -0.39 is 0 Å². The SMILES string of the molecule is CC1CC1n1ccc2cc[nH]c(=O)c21. The molecule has 2 aromatic rings. The first kappa shape index (κ1) is 7.85. The standard InChI is InChI=1S/C11H12N2O/c1-7-6-9(7)13-5-3-8-2-4-12-11(14)10(8)13/h2-5,7,9H,6H2,1H3,(H,12,14). The van der Waals surface area contributed by atoms with Crippen molar-refractivity contribution < 1.29 is 0 Å². The number of nitrogens with one attached hydrogen (secondary N) is 1. The Morgan fingerprint density at radius 1 is 1.50 bits per heavy atom. The lowest BCUT2D eigenvalue weighted by Crippen LogP contribution is -2.09. The molecule has 1 aliphatic carbocycles. The zero-order valence-electron chi connectivity index (χ0n) is 8.03. The van der Waals surface area contributed by atoms with Crippen molar-refractivity contribution in [2.75, 3.05) is 0 Å². The van der Waals surface area contributed by atoms with Gasteiger partial charge >= 0.3 is 0 Å². The highest BCUT2D eigenvalue weighted by Gasteiger charge is 2.35. The monoisotopic (exact) mass is 188 g/mol. The normalized spacial score (nSPS) is 25.5. The molecule has 3 nitrogen and oxygen atoms in total. The minimum absolute atomic E-state index is 0.0200. The van der Waals surface area contributed by atoms with E-state index in [1.807, 2.05) is 18.3 Å². The van der Waals surface area contributed by atoms with Gasteiger partial charge in [0.1, 0.15) is 5.52 Å². The number of fused-ring (bicyclic) bond motifs is 1. The van der Waals surface area contributed by atoms with Crippen LogP contribution in [0.2, 0.25) is 0 Å². The Kier molecular flexibility index (Phi) is 1.40. The van der Waals surface area contributed by atoms with Crippen LogP contribution in [0.4, 0.5) is 0 Å². The molecule has 0 aromatic carbocycles. The molecule has 0 aliphatic heterocycles. The van der Waals surface area contributed by atoms with Gasteiger partial charge < -0.3 is 9.55 Å². The van der Waals surface area contributed by atoms with Gasteiger partial charge in [-0.1, -0.05) is 6.92 Å². The molecule has 1 aliphatic rings. The molecule has 0 amide bonds. The van der Waals surface area contributed by atoms with Gasteiger partial charge in [0.2, 0.25) is 0 Å². The number of pyridine rings is 1. The Labute approximate surface area is 81.4 Å². The van der Waals surface area contributed by atoms with Gasteiger partial charge in [0.25, 0.3) is 5.56 Å². The van der Waals surface area contributed by atoms with Gasteiger partial charge in [0.05, 0.1) is 0 Å². The van der Waals surface area contributed by atoms with Gasteiger partial charge in [-0.3, -0.25) is 4.79 Å². The van der Waals surface area contributed by atoms with E-state index in [4.69, 9.17) is 0 Å². The molecular weight excluding hydrogens is 176 g/mol. The number of hydrogen-bond acceptors (Lipinski definition) is 1. The Balaban J connectivity index is 2.30. The lowest BCUT2D eigenvalue weighted by atomic mass is 10.3. The topological polar surface area (TPSA) is 37.8 Å². The summed E-state index contributed by atoms with van der Waals surface area (Å²) >= 11 is 0. The Morgan fingerprint density at radius 2 is 2.29 bits per heavy atom. The lowest BCUT2D eigenvalue weighted by molar-refractivity contribution is 0.709. The van der Waals surface area contributed by atoms with Crippen LogP contribution in [0.25, 0.3) is 10.9 Å². The molecule has 0 spiro atoms. The van der Waals surface area contributed by atoms with E-state index in [0.29, 0.717) is 12.0 Å². The maximum Gasteiger partial charge on any atom is 0.272 e. The molecular formula is C11H12N2O. The summed E-state index contributed by atoms with van der Waals surface area (Å²) in [5, 5.41) is 1.04. The average molecular weight is 188 g/mol. The van der Waals surface area contributed by atoms with Crippen LogP contribution in [0.3, 0.4) is 0 Å². The van der Waals surface area contributed by atoms with E-state index in [1.165, 1.54) is 6.42 Å². The summed E-state index contributed by atoms with van der Waals surface area (Å²) in [6.07, 6.45) is 4.91. The van der Waals surface area contributed by atoms with E-state index in [9.17, 15) is 4.79 Å². The highest BCUT2D eigenvalue weighted by molar-refractivity contribution is 5.79. The number of rotatable bonds is 1. The third-order valence-corrected chi connectivity index (χ3v) is 3.06. The minimum Gasteiger partial charge on any atom is -0.340 e. The lowest BCUT2D eigenvalue weighted by Gasteiger charge is -2.01. The van der Waals surface area contributed by atoms with Crippen LogP contribution in [-0.4, -0.2) is 9.55 Å². The second-order valence-electron chi connectivity index (χ2n) is 4.11. The fourth-order valence-corrected chi connectivity index (χ4v) is 2.09. The van der Waals surface area contributed by atoms with E-state index in [0.717, 1.165) is 10.9 Å². The summed E-state index contributed by atoms with van der Waals surface area (Å²) in [5.41, 5.74) is 0.841. The Bertz CT molecular complexity index is 537. The van der Waals surface area contributed by atoms with E-state index in [2.05, 4.69) is 16.5 Å². The number of nitrogens with zero attached hydrogens (tertiary/aromatic N) is 1. The second-order valence-corrected chi connectivity index (χ2v) is 4.11. The fourth-order valence-electron chi connectivity index (χ4n) is 2.09. The number of H-pyrrole nitrogens is 1. The second kappa shape index (κ2) is 2.50. The van der Waals surface area contributed by atoms with Crippen molar-refractivity contribution in [2.45, 2.75) is 19.4 Å². The summed E-state index contributed by atoms with van der Waals surface area (Å²) in [7, 11) is 0. The molecule has 0 bridgehead atoms. The molecule has 3 rings (SSSR count). The highest BCUT2D eigenvalue weighted by atomic mass is 16.1. The van der Waals surface area contributed by atoms with Crippen LogP contribution in [0.5, 0.6) is 0 Å². The molecule has 2 unspecified atom stereocenters. The van der Waals surface area contributed by atoms with Gasteiger partial charge in [-0.15, -0.1) is 0 Å². The van der Waals surface area contributed by atoms with Crippen LogP contribution in [0, 0.1) is 5.92 Å². The first-order valence-electron chi connectivity index (χ1n) is 4.95. The minimum atomic E-state index is 0.0200. The van der Waals surface area contributed by atoms with E-state index in [-0.39, 0.29) is 5.56 Å². The Hall–Kier alpha value is -1.51. The van der Waals surface area contributed by atoms with Gasteiger partial charge in [0.15, 0.2) is 0 Å². The van der Waals surface area contributed by atoms with Crippen LogP contribution in [0.1, 0.15) is 19.4 Å². The molecule has 1 fully saturated rings. The number of aromatic nitrogens is 2.